The van der Waals surface area contributed by atoms with Gasteiger partial charge in [0, 0.05) is 0 Å². The molecule has 0 unspecified atom stereocenters. The van der Waals surface area contributed by atoms with Gasteiger partial charge in [0.25, 0.3) is 0 Å². The molecule has 0 amide bonds. The van der Waals surface area contributed by atoms with Gasteiger partial charge in [0.1, 0.15) is 0 Å². The molecule has 4 rings (SSSR count). The fourth-order valence-corrected chi connectivity index (χ4v) is 4.88. The summed E-state index contributed by atoms with van der Waals surface area (Å²) in [5, 5.41) is 80.3. The number of hydrogen-bond donors (Lipinski definition) is 4. The van der Waals surface area contributed by atoms with Crippen LogP contribution in [0.1, 0.15) is 117 Å². The molecule has 12 nitrogen and oxygen atoms in total. The molecule has 13 heteroatoms. The zero-order valence-corrected chi connectivity index (χ0v) is 33.0. The first-order chi connectivity index (χ1) is 24.7. The molecule has 0 aliphatic rings. The van der Waals surface area contributed by atoms with Crippen molar-refractivity contribution in [3.63, 3.8) is 0 Å². The number of carbonyl (C=O) groups is 4. The Balaban J connectivity index is 0.000000676. The first kappa shape index (κ1) is 47.8. The first-order valence-corrected chi connectivity index (χ1v) is 16.7. The molecule has 0 aliphatic heterocycles. The van der Waals surface area contributed by atoms with E-state index in [-0.39, 0.29) is 69.2 Å². The quantitative estimate of drug-likeness (QED) is 0.134. The Bertz CT molecular complexity index is 1540. The Morgan fingerprint density at radius 3 is 0.698 bits per heavy atom. The van der Waals surface area contributed by atoms with E-state index in [2.05, 4.69) is 0 Å². The van der Waals surface area contributed by atoms with Crippen molar-refractivity contribution in [3.05, 3.63) is 117 Å². The van der Waals surface area contributed by atoms with Crippen molar-refractivity contribution in [2.75, 3.05) is 0 Å². The van der Waals surface area contributed by atoms with Crippen LogP contribution in [-0.2, 0) is 25.7 Å². The molecular weight excluding hydrogens is 791 g/mol. The molecule has 0 atom stereocenters. The Hall–Kier alpha value is -5.24. The van der Waals surface area contributed by atoms with Crippen molar-refractivity contribution in [2.24, 2.45) is 0 Å². The van der Waals surface area contributed by atoms with E-state index in [1.54, 1.807) is 48.5 Å². The van der Waals surface area contributed by atoms with Gasteiger partial charge >= 0.3 is 47.8 Å². The Morgan fingerprint density at radius 2 is 0.566 bits per heavy atom. The summed E-state index contributed by atoms with van der Waals surface area (Å²) in [4.78, 5) is 42.3. The fourth-order valence-electron chi connectivity index (χ4n) is 4.88. The smallest absolute Gasteiger partial charge is 0.872 e. The van der Waals surface area contributed by atoms with E-state index in [1.165, 1.54) is 24.3 Å². The molecule has 4 aromatic rings. The van der Waals surface area contributed by atoms with Crippen LogP contribution in [0.4, 0.5) is 0 Å². The molecule has 0 saturated carbocycles. The molecule has 0 heterocycles. The zero-order valence-electron chi connectivity index (χ0n) is 30.1. The largest absolute Gasteiger partial charge is 4.00 e. The number of carboxylic acid groups (broad SMARTS) is 4. The number of carboxylic acids is 4. The third-order valence-electron chi connectivity index (χ3n) is 7.39. The van der Waals surface area contributed by atoms with E-state index < -0.39 is 23.9 Å². The molecular formula is C40H44O12Sn. The van der Waals surface area contributed by atoms with E-state index in [9.17, 15) is 39.6 Å². The standard InChI is InChI=1S/4C10H12O3.Sn/c4*1-2-4-7-5-3-6-8(9(7)11)10(12)13;/h4*3,5-6,11H,2,4H2,1H3,(H,12,13);/q;;;;+4/p-4. The summed E-state index contributed by atoms with van der Waals surface area (Å²) >= 11 is 0. The second kappa shape index (κ2) is 24.9. The molecule has 0 radical (unpaired) electrons. The maximum Gasteiger partial charge on any atom is 4.00 e. The normalized spacial score (nSPS) is 9.74. The van der Waals surface area contributed by atoms with Crippen LogP contribution in [0.2, 0.25) is 0 Å². The van der Waals surface area contributed by atoms with Crippen LogP contribution in [0, 0.1) is 0 Å². The van der Waals surface area contributed by atoms with E-state index in [1.807, 2.05) is 27.7 Å². The molecule has 0 saturated heterocycles. The second-order valence-corrected chi connectivity index (χ2v) is 11.4. The predicted molar refractivity (Wildman–Crippen MR) is 193 cm³/mol. The molecule has 4 N–H and O–H groups in total. The third-order valence-corrected chi connectivity index (χ3v) is 7.39. The first-order valence-electron chi connectivity index (χ1n) is 16.7. The fraction of sp³-hybridized carbons (Fsp3) is 0.300. The molecule has 280 valence electrons. The van der Waals surface area contributed by atoms with E-state index in [4.69, 9.17) is 20.4 Å². The Labute approximate surface area is 326 Å². The molecule has 4 aromatic carbocycles. The van der Waals surface area contributed by atoms with Gasteiger partial charge in [-0.2, -0.15) is 0 Å². The summed E-state index contributed by atoms with van der Waals surface area (Å²) in [5.41, 5.74) is 1.81. The second-order valence-electron chi connectivity index (χ2n) is 11.4. The van der Waals surface area contributed by atoms with Crippen molar-refractivity contribution in [1.29, 1.82) is 0 Å². The van der Waals surface area contributed by atoms with Crippen molar-refractivity contribution in [3.8, 4) is 23.0 Å². The minimum atomic E-state index is -1.15. The van der Waals surface area contributed by atoms with Crippen LogP contribution in [0.5, 0.6) is 23.0 Å². The van der Waals surface area contributed by atoms with Crippen LogP contribution in [0.3, 0.4) is 0 Å². The van der Waals surface area contributed by atoms with Gasteiger partial charge in [-0.15, -0.1) is 0 Å². The summed E-state index contributed by atoms with van der Waals surface area (Å²) in [6.45, 7) is 7.81. The van der Waals surface area contributed by atoms with Gasteiger partial charge in [0.05, 0.1) is 22.3 Å². The molecule has 0 spiro atoms. The molecule has 0 aliphatic carbocycles. The van der Waals surface area contributed by atoms with Crippen molar-refractivity contribution in [2.45, 2.75) is 79.1 Å². The monoisotopic (exact) mass is 836 g/mol. The topological polar surface area (TPSA) is 241 Å². The Morgan fingerprint density at radius 1 is 0.396 bits per heavy atom. The third kappa shape index (κ3) is 15.1. The number of aryl methyl sites for hydroxylation is 4. The average molecular weight is 835 g/mol. The molecule has 0 fully saturated rings. The zero-order chi connectivity index (χ0) is 39.4. The van der Waals surface area contributed by atoms with Crippen molar-refractivity contribution in [1.82, 2.24) is 0 Å². The summed E-state index contributed by atoms with van der Waals surface area (Å²) in [7, 11) is 0. The van der Waals surface area contributed by atoms with Crippen LogP contribution in [0.15, 0.2) is 72.8 Å². The SMILES string of the molecule is CCCc1cccc(C(=O)O)c1[O-].CCCc1cccc(C(=O)O)c1[O-].CCCc1cccc(C(=O)O)c1[O-].CCCc1cccc(C(=O)O)c1[O-].[Sn+4]. The summed E-state index contributed by atoms with van der Waals surface area (Å²) < 4.78 is 0. The van der Waals surface area contributed by atoms with Crippen molar-refractivity contribution >= 4 is 47.8 Å². The molecule has 0 aromatic heterocycles. The van der Waals surface area contributed by atoms with E-state index in [0.29, 0.717) is 47.9 Å². The van der Waals surface area contributed by atoms with Gasteiger partial charge in [-0.1, -0.05) is 147 Å². The van der Waals surface area contributed by atoms with Gasteiger partial charge in [-0.05, 0) is 49.9 Å². The maximum atomic E-state index is 11.4. The van der Waals surface area contributed by atoms with Gasteiger partial charge in [0.2, 0.25) is 0 Å². The Kier molecular flexibility index (Phi) is 22.4. The number of hydrogen-bond acceptors (Lipinski definition) is 8. The minimum absolute atomic E-state index is 0. The van der Waals surface area contributed by atoms with Crippen molar-refractivity contribution < 1.29 is 60.0 Å². The number of rotatable bonds is 12. The average Bonchev–Trinajstić information content (AvgIpc) is 3.09. The summed E-state index contributed by atoms with van der Waals surface area (Å²) in [6, 6.07) is 18.5. The summed E-state index contributed by atoms with van der Waals surface area (Å²) in [5.74, 6) is -6.00. The molecule has 0 bridgehead atoms. The predicted octanol–water partition coefficient (Wildman–Crippen LogP) is 5.26. The van der Waals surface area contributed by atoms with Crippen LogP contribution < -0.4 is 20.4 Å². The summed E-state index contributed by atoms with van der Waals surface area (Å²) in [6.07, 6.45) is 5.94. The van der Waals surface area contributed by atoms with Gasteiger partial charge in [-0.3, -0.25) is 0 Å². The number of aromatic carboxylic acids is 4. The van der Waals surface area contributed by atoms with Crippen LogP contribution >= 0.6 is 0 Å². The number of para-hydroxylation sites is 4. The van der Waals surface area contributed by atoms with Crippen LogP contribution in [0.25, 0.3) is 0 Å². The van der Waals surface area contributed by atoms with E-state index in [0.717, 1.165) is 25.7 Å². The van der Waals surface area contributed by atoms with Gasteiger partial charge in [0.15, 0.2) is 0 Å². The van der Waals surface area contributed by atoms with Gasteiger partial charge in [-0.25, -0.2) is 19.2 Å². The maximum absolute atomic E-state index is 11.4. The molecule has 53 heavy (non-hydrogen) atoms. The van der Waals surface area contributed by atoms with Gasteiger partial charge < -0.3 is 40.9 Å². The van der Waals surface area contributed by atoms with Crippen LogP contribution in [-0.4, -0.2) is 68.2 Å². The van der Waals surface area contributed by atoms with E-state index >= 15 is 0 Å². The minimum Gasteiger partial charge on any atom is -0.872 e. The number of benzene rings is 4.